The molecule has 1 atom stereocenters. The van der Waals surface area contributed by atoms with Crippen molar-refractivity contribution in [2.45, 2.75) is 12.5 Å². The zero-order valence-corrected chi connectivity index (χ0v) is 15.2. The number of methoxy groups -OCH3 is 1. The molecular formula is C21H23N2O4+. The van der Waals surface area contributed by atoms with Crippen molar-refractivity contribution >= 4 is 17.4 Å². The minimum atomic E-state index is -0.666. The summed E-state index contributed by atoms with van der Waals surface area (Å²) in [6, 6.07) is 15.4. The number of nitrogens with zero attached hydrogens (tertiary/aromatic N) is 1. The summed E-state index contributed by atoms with van der Waals surface area (Å²) in [6.45, 7) is 1.07. The molecule has 2 aromatic rings. The van der Waals surface area contributed by atoms with Gasteiger partial charge in [0.2, 0.25) is 0 Å². The number of ketones is 1. The number of aliphatic hydroxyl groups is 1. The number of aliphatic hydroxyl groups excluding tert-OH is 1. The summed E-state index contributed by atoms with van der Waals surface area (Å²) in [5.41, 5.74) is 5.17. The zero-order chi connectivity index (χ0) is 19.4. The Labute approximate surface area is 157 Å². The standard InChI is InChI=1S/C21H22N2O4/c1-27-16-10-8-15(9-11-16)19(24)17-18(14-6-3-2-4-7-14)23(13-5-12-22)21(26)20(17)25/h2-4,6-11,18,24H,5,12-13,22H2,1H3/p+1/t18-/m0/s1. The smallest absolute Gasteiger partial charge is 0.295 e. The molecule has 1 heterocycles. The van der Waals surface area contributed by atoms with Crippen LogP contribution >= 0.6 is 0 Å². The number of ether oxygens (including phenoxy) is 1. The predicted molar refractivity (Wildman–Crippen MR) is 101 cm³/mol. The molecule has 4 N–H and O–H groups in total. The van der Waals surface area contributed by atoms with Gasteiger partial charge in [0.05, 0.1) is 25.3 Å². The summed E-state index contributed by atoms with van der Waals surface area (Å²) in [4.78, 5) is 26.9. The highest BCUT2D eigenvalue weighted by Gasteiger charge is 2.45. The lowest BCUT2D eigenvalue weighted by Crippen LogP contribution is -2.51. The fraction of sp³-hybridized carbons (Fsp3) is 0.238. The average Bonchev–Trinajstić information content (AvgIpc) is 2.97. The van der Waals surface area contributed by atoms with Gasteiger partial charge in [0.25, 0.3) is 11.7 Å². The molecule has 3 rings (SSSR count). The van der Waals surface area contributed by atoms with E-state index in [-0.39, 0.29) is 11.3 Å². The molecule has 6 heteroatoms. The molecule has 2 aromatic carbocycles. The van der Waals surface area contributed by atoms with E-state index < -0.39 is 17.7 Å². The van der Waals surface area contributed by atoms with Gasteiger partial charge in [-0.05, 0) is 29.8 Å². The van der Waals surface area contributed by atoms with E-state index in [9.17, 15) is 14.7 Å². The summed E-state index contributed by atoms with van der Waals surface area (Å²) < 4.78 is 5.13. The second-order valence-corrected chi connectivity index (χ2v) is 6.34. The Hall–Kier alpha value is -3.12. The number of carbonyl (C=O) groups is 2. The Kier molecular flexibility index (Phi) is 5.57. The lowest BCUT2D eigenvalue weighted by molar-refractivity contribution is -0.368. The van der Waals surface area contributed by atoms with Crippen LogP contribution in [0.3, 0.4) is 0 Å². The molecular weight excluding hydrogens is 344 g/mol. The second-order valence-electron chi connectivity index (χ2n) is 6.34. The Morgan fingerprint density at radius 2 is 1.78 bits per heavy atom. The number of quaternary nitrogens is 1. The fourth-order valence-corrected chi connectivity index (χ4v) is 3.28. The quantitative estimate of drug-likeness (QED) is 0.462. The summed E-state index contributed by atoms with van der Waals surface area (Å²) in [5.74, 6) is -0.794. The molecule has 1 fully saturated rings. The van der Waals surface area contributed by atoms with Crippen LogP contribution < -0.4 is 10.5 Å². The number of Topliss-reactive ketones (excluding diaryl/α,β-unsaturated/α-hetero) is 1. The SMILES string of the molecule is COc1ccc(C(O)=C2C(=O)C(=O)N(CCC[NH3+])[C@H]2c2ccccc2)cc1. The van der Waals surface area contributed by atoms with Gasteiger partial charge in [-0.25, -0.2) is 0 Å². The lowest BCUT2D eigenvalue weighted by Gasteiger charge is -2.24. The van der Waals surface area contributed by atoms with Gasteiger partial charge in [-0.15, -0.1) is 0 Å². The van der Waals surface area contributed by atoms with Gasteiger partial charge in [0.1, 0.15) is 11.5 Å². The van der Waals surface area contributed by atoms with Crippen LogP contribution in [0.1, 0.15) is 23.6 Å². The normalized spacial score (nSPS) is 18.7. The van der Waals surface area contributed by atoms with Crippen LogP contribution in [-0.4, -0.2) is 41.9 Å². The van der Waals surface area contributed by atoms with Crippen molar-refractivity contribution in [1.82, 2.24) is 4.90 Å². The Morgan fingerprint density at radius 3 is 2.37 bits per heavy atom. The summed E-state index contributed by atoms with van der Waals surface area (Å²) in [5, 5.41) is 10.9. The fourth-order valence-electron chi connectivity index (χ4n) is 3.28. The third-order valence-corrected chi connectivity index (χ3v) is 4.67. The van der Waals surface area contributed by atoms with Gasteiger partial charge >= 0.3 is 0 Å². The average molecular weight is 367 g/mol. The third kappa shape index (κ3) is 3.57. The highest BCUT2D eigenvalue weighted by Crippen LogP contribution is 2.39. The molecule has 0 aliphatic carbocycles. The van der Waals surface area contributed by atoms with Gasteiger partial charge in [-0.1, -0.05) is 30.3 Å². The van der Waals surface area contributed by atoms with Crippen LogP contribution in [-0.2, 0) is 9.59 Å². The van der Waals surface area contributed by atoms with Gasteiger partial charge in [-0.3, -0.25) is 9.59 Å². The first kappa shape index (κ1) is 18.7. The van der Waals surface area contributed by atoms with E-state index in [1.54, 1.807) is 31.4 Å². The molecule has 0 aromatic heterocycles. The van der Waals surface area contributed by atoms with Crippen LogP contribution in [0.25, 0.3) is 5.76 Å². The minimum Gasteiger partial charge on any atom is -0.507 e. The monoisotopic (exact) mass is 367 g/mol. The molecule has 6 nitrogen and oxygen atoms in total. The third-order valence-electron chi connectivity index (χ3n) is 4.67. The maximum absolute atomic E-state index is 12.8. The Bertz CT molecular complexity index is 860. The first-order valence-electron chi connectivity index (χ1n) is 8.85. The molecule has 1 saturated heterocycles. The Morgan fingerprint density at radius 1 is 1.11 bits per heavy atom. The van der Waals surface area contributed by atoms with E-state index in [1.165, 1.54) is 4.90 Å². The van der Waals surface area contributed by atoms with E-state index in [0.29, 0.717) is 30.8 Å². The van der Waals surface area contributed by atoms with E-state index in [0.717, 1.165) is 5.56 Å². The van der Waals surface area contributed by atoms with Gasteiger partial charge in [-0.2, -0.15) is 0 Å². The van der Waals surface area contributed by atoms with Crippen LogP contribution in [0.15, 0.2) is 60.2 Å². The van der Waals surface area contributed by atoms with Crippen molar-refractivity contribution in [3.63, 3.8) is 0 Å². The number of amides is 1. The Balaban J connectivity index is 2.11. The number of hydrogen-bond donors (Lipinski definition) is 2. The van der Waals surface area contributed by atoms with E-state index in [2.05, 4.69) is 5.73 Å². The van der Waals surface area contributed by atoms with Gasteiger partial charge in [0.15, 0.2) is 0 Å². The molecule has 1 aliphatic rings. The topological polar surface area (TPSA) is 94.5 Å². The first-order chi connectivity index (χ1) is 13.1. The van der Waals surface area contributed by atoms with Crippen molar-refractivity contribution in [2.75, 3.05) is 20.2 Å². The molecule has 0 spiro atoms. The largest absolute Gasteiger partial charge is 0.507 e. The highest BCUT2D eigenvalue weighted by atomic mass is 16.5. The van der Waals surface area contributed by atoms with E-state index in [1.807, 2.05) is 30.3 Å². The van der Waals surface area contributed by atoms with Crippen molar-refractivity contribution in [3.05, 3.63) is 71.3 Å². The number of hydrogen-bond acceptors (Lipinski definition) is 4. The van der Waals surface area contributed by atoms with E-state index >= 15 is 0 Å². The minimum absolute atomic E-state index is 0.112. The lowest BCUT2D eigenvalue weighted by atomic mass is 9.95. The maximum atomic E-state index is 12.8. The van der Waals surface area contributed by atoms with Crippen LogP contribution in [0.2, 0.25) is 0 Å². The van der Waals surface area contributed by atoms with Crippen molar-refractivity contribution in [1.29, 1.82) is 0 Å². The predicted octanol–water partition coefficient (Wildman–Crippen LogP) is 1.75. The molecule has 140 valence electrons. The van der Waals surface area contributed by atoms with Crippen molar-refractivity contribution < 1.29 is 25.2 Å². The maximum Gasteiger partial charge on any atom is 0.295 e. The van der Waals surface area contributed by atoms with Crippen molar-refractivity contribution in [2.24, 2.45) is 0 Å². The summed E-state index contributed by atoms with van der Waals surface area (Å²) in [7, 11) is 1.55. The number of benzene rings is 2. The molecule has 0 bridgehead atoms. The van der Waals surface area contributed by atoms with E-state index in [4.69, 9.17) is 4.74 Å². The highest BCUT2D eigenvalue weighted by molar-refractivity contribution is 6.46. The number of rotatable bonds is 6. The molecule has 1 aliphatic heterocycles. The number of carbonyl (C=O) groups excluding carboxylic acids is 2. The molecule has 0 unspecified atom stereocenters. The molecule has 1 amide bonds. The first-order valence-corrected chi connectivity index (χ1v) is 8.85. The zero-order valence-electron chi connectivity index (χ0n) is 15.2. The summed E-state index contributed by atoms with van der Waals surface area (Å²) in [6.07, 6.45) is 0.679. The second kappa shape index (κ2) is 8.05. The van der Waals surface area contributed by atoms with Crippen molar-refractivity contribution in [3.8, 4) is 5.75 Å². The van der Waals surface area contributed by atoms with Crippen LogP contribution in [0, 0.1) is 0 Å². The molecule has 0 saturated carbocycles. The van der Waals surface area contributed by atoms with Gasteiger partial charge < -0.3 is 20.5 Å². The molecule has 27 heavy (non-hydrogen) atoms. The van der Waals surface area contributed by atoms with Crippen LogP contribution in [0.4, 0.5) is 0 Å². The van der Waals surface area contributed by atoms with Crippen LogP contribution in [0.5, 0.6) is 5.75 Å². The number of likely N-dealkylation sites (tertiary alicyclic amines) is 1. The summed E-state index contributed by atoms with van der Waals surface area (Å²) >= 11 is 0. The molecule has 0 radical (unpaired) electrons. The van der Waals surface area contributed by atoms with Gasteiger partial charge in [0, 0.05) is 18.5 Å².